The Morgan fingerprint density at radius 3 is 2.47 bits per heavy atom. The number of hydrogen-bond donors (Lipinski definition) is 0. The zero-order chi connectivity index (χ0) is 22.9. The van der Waals surface area contributed by atoms with Crippen molar-refractivity contribution >= 4 is 35.1 Å². The van der Waals surface area contributed by atoms with Gasteiger partial charge in [-0.15, -0.1) is 0 Å². The average molecular weight is 432 g/mol. The summed E-state index contributed by atoms with van der Waals surface area (Å²) < 4.78 is 12.0. The molecule has 0 bridgehead atoms. The van der Waals surface area contributed by atoms with Gasteiger partial charge in [0.2, 0.25) is 0 Å². The molecule has 1 saturated heterocycles. The Bertz CT molecular complexity index is 1200. The molecule has 1 unspecified atom stereocenters. The smallest absolute Gasteiger partial charge is 0.419 e. The largest absolute Gasteiger partial charge is 0.446 e. The van der Waals surface area contributed by atoms with Crippen LogP contribution in [0.2, 0.25) is 0 Å². The van der Waals surface area contributed by atoms with Crippen LogP contribution in [0.1, 0.15) is 37.9 Å². The highest BCUT2D eigenvalue weighted by Crippen LogP contribution is 2.29. The molecule has 3 aromatic rings. The Balaban J connectivity index is 1.63. The van der Waals surface area contributed by atoms with Crippen LogP contribution >= 0.6 is 0 Å². The number of amides is 2. The van der Waals surface area contributed by atoms with E-state index in [1.807, 2.05) is 54.6 Å². The number of hydrogen-bond acceptors (Lipinski definition) is 5. The predicted octanol–water partition coefficient (Wildman–Crippen LogP) is 5.16. The summed E-state index contributed by atoms with van der Waals surface area (Å²) in [6, 6.07) is 16.1. The molecule has 1 aliphatic heterocycles. The van der Waals surface area contributed by atoms with Crippen LogP contribution in [0.5, 0.6) is 0 Å². The fraction of sp³-hybridized carbons (Fsp3) is 0.240. The van der Waals surface area contributed by atoms with Crippen LogP contribution in [0, 0.1) is 0 Å². The Morgan fingerprint density at radius 1 is 1.06 bits per heavy atom. The van der Waals surface area contributed by atoms with Gasteiger partial charge in [0, 0.05) is 23.2 Å². The molecule has 2 aromatic carbocycles. The molecule has 32 heavy (non-hydrogen) atoms. The summed E-state index contributed by atoms with van der Waals surface area (Å²) in [6.45, 7) is 5.51. The fourth-order valence-corrected chi connectivity index (χ4v) is 3.63. The number of rotatable bonds is 3. The molecular weight excluding hydrogens is 408 g/mol. The maximum Gasteiger partial charge on any atom is 0.419 e. The highest BCUT2D eigenvalue weighted by molar-refractivity contribution is 6.04. The van der Waals surface area contributed by atoms with Crippen molar-refractivity contribution in [1.82, 2.24) is 9.47 Å². The van der Waals surface area contributed by atoms with Gasteiger partial charge >= 0.3 is 12.2 Å². The van der Waals surface area contributed by atoms with Crippen LogP contribution < -0.4 is 0 Å². The van der Waals surface area contributed by atoms with Gasteiger partial charge in [0.15, 0.2) is 0 Å². The molecule has 2 amide bonds. The van der Waals surface area contributed by atoms with Crippen molar-refractivity contribution in [3.8, 4) is 0 Å². The molecular formula is C25H24N2O5. The average Bonchev–Trinajstić information content (AvgIpc) is 3.32. The third-order valence-corrected chi connectivity index (χ3v) is 5.03. The van der Waals surface area contributed by atoms with Crippen molar-refractivity contribution < 1.29 is 23.9 Å². The summed E-state index contributed by atoms with van der Waals surface area (Å²) in [5, 5.41) is 0.783. The Labute approximate surface area is 185 Å². The Hall–Kier alpha value is -3.87. The molecule has 0 aliphatic carbocycles. The molecule has 1 aromatic heterocycles. The first-order valence-corrected chi connectivity index (χ1v) is 10.3. The monoisotopic (exact) mass is 432 g/mol. The molecule has 1 fully saturated rings. The van der Waals surface area contributed by atoms with E-state index in [0.29, 0.717) is 11.1 Å². The maximum absolute atomic E-state index is 12.9. The molecule has 1 atom stereocenters. The molecule has 7 heteroatoms. The number of imide groups is 1. The van der Waals surface area contributed by atoms with E-state index in [9.17, 15) is 14.4 Å². The number of nitrogens with zero attached hydrogens (tertiary/aromatic N) is 2. The summed E-state index contributed by atoms with van der Waals surface area (Å²) in [7, 11) is 0. The van der Waals surface area contributed by atoms with Gasteiger partial charge in [-0.2, -0.15) is 0 Å². The van der Waals surface area contributed by atoms with Gasteiger partial charge in [0.25, 0.3) is 5.91 Å². The van der Waals surface area contributed by atoms with E-state index in [1.165, 1.54) is 10.6 Å². The van der Waals surface area contributed by atoms with Crippen molar-refractivity contribution in [1.29, 1.82) is 0 Å². The normalized spacial score (nSPS) is 16.5. The van der Waals surface area contributed by atoms with E-state index in [2.05, 4.69) is 0 Å². The van der Waals surface area contributed by atoms with E-state index in [4.69, 9.17) is 9.47 Å². The number of benzene rings is 2. The van der Waals surface area contributed by atoms with Crippen molar-refractivity contribution in [2.24, 2.45) is 0 Å². The molecule has 0 radical (unpaired) electrons. The van der Waals surface area contributed by atoms with Gasteiger partial charge in [0.05, 0.1) is 5.52 Å². The minimum Gasteiger partial charge on any atom is -0.446 e. The van der Waals surface area contributed by atoms with Crippen LogP contribution in [-0.2, 0) is 14.3 Å². The summed E-state index contributed by atoms with van der Waals surface area (Å²) in [5.74, 6) is -0.490. The molecule has 164 valence electrons. The van der Waals surface area contributed by atoms with E-state index in [0.717, 1.165) is 15.8 Å². The summed E-state index contributed by atoms with van der Waals surface area (Å²) in [6.07, 6.45) is 3.36. The van der Waals surface area contributed by atoms with Crippen molar-refractivity contribution in [3.05, 3.63) is 78.0 Å². The molecule has 4 rings (SSSR count). The molecule has 0 saturated carbocycles. The van der Waals surface area contributed by atoms with Crippen molar-refractivity contribution in [3.63, 3.8) is 0 Å². The van der Waals surface area contributed by atoms with Gasteiger partial charge in [-0.05, 0) is 38.5 Å². The lowest BCUT2D eigenvalue weighted by Gasteiger charge is -2.19. The second kappa shape index (κ2) is 8.34. The second-order valence-corrected chi connectivity index (χ2v) is 8.50. The van der Waals surface area contributed by atoms with Crippen molar-refractivity contribution in [2.75, 3.05) is 6.61 Å². The third kappa shape index (κ3) is 4.27. The number of cyclic esters (lactones) is 1. The summed E-state index contributed by atoms with van der Waals surface area (Å²) in [5.41, 5.74) is 1.50. The molecule has 2 heterocycles. The predicted molar refractivity (Wildman–Crippen MR) is 120 cm³/mol. The lowest BCUT2D eigenvalue weighted by molar-refractivity contribution is -0.124. The zero-order valence-electron chi connectivity index (χ0n) is 18.1. The summed E-state index contributed by atoms with van der Waals surface area (Å²) >= 11 is 0. The molecule has 1 aliphatic rings. The Kier molecular flexibility index (Phi) is 5.57. The maximum atomic E-state index is 12.9. The van der Waals surface area contributed by atoms with Crippen molar-refractivity contribution in [2.45, 2.75) is 32.4 Å². The number of para-hydroxylation sites is 1. The van der Waals surface area contributed by atoms with E-state index in [-0.39, 0.29) is 6.61 Å². The molecule has 0 N–H and O–H groups in total. The van der Waals surface area contributed by atoms with Gasteiger partial charge < -0.3 is 9.47 Å². The standard InChI is InChI=1S/C25H24N2O5/c1-25(2,3)32-23(29)26-15-18(19-11-7-8-12-20(19)26)13-14-22(28)27-21(16-31-24(27)30)17-9-5-4-6-10-17/h4-15,21H,16H2,1-3H3/b14-13+. The van der Waals surface area contributed by atoms with Crippen LogP contribution in [0.3, 0.4) is 0 Å². The first-order chi connectivity index (χ1) is 15.2. The topological polar surface area (TPSA) is 77.8 Å². The highest BCUT2D eigenvalue weighted by Gasteiger charge is 2.37. The van der Waals surface area contributed by atoms with Crippen LogP contribution in [0.4, 0.5) is 9.59 Å². The van der Waals surface area contributed by atoms with Crippen LogP contribution in [-0.4, -0.2) is 39.8 Å². The minimum atomic E-state index is -0.676. The first-order valence-electron chi connectivity index (χ1n) is 10.3. The number of fused-ring (bicyclic) bond motifs is 1. The van der Waals surface area contributed by atoms with Gasteiger partial charge in [-0.1, -0.05) is 48.5 Å². The van der Waals surface area contributed by atoms with E-state index < -0.39 is 29.7 Å². The Morgan fingerprint density at radius 2 is 1.75 bits per heavy atom. The zero-order valence-corrected chi connectivity index (χ0v) is 18.1. The molecule has 7 nitrogen and oxygen atoms in total. The quantitative estimate of drug-likeness (QED) is 0.535. The lowest BCUT2D eigenvalue weighted by Crippen LogP contribution is -2.32. The number of carbonyl (C=O) groups is 3. The van der Waals surface area contributed by atoms with E-state index in [1.54, 1.807) is 33.0 Å². The first kappa shape index (κ1) is 21.4. The fourth-order valence-electron chi connectivity index (χ4n) is 3.63. The third-order valence-electron chi connectivity index (χ3n) is 5.03. The van der Waals surface area contributed by atoms with Gasteiger partial charge in [-0.25, -0.2) is 14.5 Å². The lowest BCUT2D eigenvalue weighted by atomic mass is 10.1. The summed E-state index contributed by atoms with van der Waals surface area (Å²) in [4.78, 5) is 38.9. The molecule has 0 spiro atoms. The van der Waals surface area contributed by atoms with Gasteiger partial charge in [0.1, 0.15) is 18.2 Å². The SMILES string of the molecule is CC(C)(C)OC(=O)n1cc(/C=C/C(=O)N2C(=O)OCC2c2ccccc2)c2ccccc21. The van der Waals surface area contributed by atoms with Crippen LogP contribution in [0.15, 0.2) is 66.9 Å². The van der Waals surface area contributed by atoms with E-state index >= 15 is 0 Å². The van der Waals surface area contributed by atoms with Crippen LogP contribution in [0.25, 0.3) is 17.0 Å². The minimum absolute atomic E-state index is 0.111. The number of aromatic nitrogens is 1. The second-order valence-electron chi connectivity index (χ2n) is 8.50. The van der Waals surface area contributed by atoms with Gasteiger partial charge in [-0.3, -0.25) is 9.36 Å². The number of ether oxygens (including phenoxy) is 2. The number of carbonyl (C=O) groups excluding carboxylic acids is 3. The highest BCUT2D eigenvalue weighted by atomic mass is 16.6.